The van der Waals surface area contributed by atoms with Crippen LogP contribution in [0.3, 0.4) is 0 Å². The lowest BCUT2D eigenvalue weighted by Gasteiger charge is -2.34. The first kappa shape index (κ1) is 13.2. The van der Waals surface area contributed by atoms with Crippen LogP contribution in [0.5, 0.6) is 0 Å². The highest BCUT2D eigenvalue weighted by atomic mass is 16.4. The topological polar surface area (TPSA) is 69.6 Å². The van der Waals surface area contributed by atoms with E-state index in [1.165, 1.54) is 12.8 Å². The molecule has 0 aromatic carbocycles. The zero-order valence-corrected chi connectivity index (χ0v) is 10.9. The summed E-state index contributed by atoms with van der Waals surface area (Å²) >= 11 is 0. The zero-order valence-electron chi connectivity index (χ0n) is 10.9. The van der Waals surface area contributed by atoms with Gasteiger partial charge in [-0.25, -0.2) is 9.59 Å². The number of carboxylic acid groups (broad SMARTS) is 1. The van der Waals surface area contributed by atoms with Gasteiger partial charge in [0, 0.05) is 13.1 Å². The Bertz CT molecular complexity index is 341. The lowest BCUT2D eigenvalue weighted by atomic mass is 9.91. The second-order valence-electron chi connectivity index (χ2n) is 5.47. The molecule has 102 valence electrons. The van der Waals surface area contributed by atoms with E-state index >= 15 is 0 Å². The summed E-state index contributed by atoms with van der Waals surface area (Å²) in [4.78, 5) is 25.2. The Morgan fingerprint density at radius 1 is 1.44 bits per heavy atom. The van der Waals surface area contributed by atoms with E-state index in [-0.39, 0.29) is 6.03 Å². The molecule has 2 fully saturated rings. The van der Waals surface area contributed by atoms with Crippen molar-refractivity contribution in [3.8, 4) is 0 Å². The predicted molar refractivity (Wildman–Crippen MR) is 67.3 cm³/mol. The standard InChI is InChI=1S/C13H22N2O3/c1-2-6-13(11(16)17)7-3-8-15(13)12(18)14-9-10-4-5-10/h10H,2-9H2,1H3,(H,14,18)(H,16,17). The largest absolute Gasteiger partial charge is 0.479 e. The number of hydrogen-bond acceptors (Lipinski definition) is 2. The Hall–Kier alpha value is -1.26. The summed E-state index contributed by atoms with van der Waals surface area (Å²) in [5, 5.41) is 12.4. The number of urea groups is 1. The molecule has 2 N–H and O–H groups in total. The van der Waals surface area contributed by atoms with Crippen molar-refractivity contribution in [2.75, 3.05) is 13.1 Å². The monoisotopic (exact) mass is 254 g/mol. The molecule has 5 nitrogen and oxygen atoms in total. The molecule has 0 radical (unpaired) electrons. The van der Waals surface area contributed by atoms with Gasteiger partial charge in [0.2, 0.25) is 0 Å². The highest BCUT2D eigenvalue weighted by Crippen LogP contribution is 2.34. The van der Waals surface area contributed by atoms with E-state index in [2.05, 4.69) is 5.32 Å². The van der Waals surface area contributed by atoms with Crippen LogP contribution in [0, 0.1) is 5.92 Å². The van der Waals surface area contributed by atoms with Crippen molar-refractivity contribution in [2.24, 2.45) is 5.92 Å². The van der Waals surface area contributed by atoms with E-state index in [0.717, 1.165) is 12.8 Å². The van der Waals surface area contributed by atoms with Gasteiger partial charge in [0.25, 0.3) is 0 Å². The van der Waals surface area contributed by atoms with E-state index < -0.39 is 11.5 Å². The first-order valence-corrected chi connectivity index (χ1v) is 6.89. The van der Waals surface area contributed by atoms with E-state index in [1.807, 2.05) is 6.92 Å². The number of hydrogen-bond donors (Lipinski definition) is 2. The zero-order chi connectivity index (χ0) is 13.2. The van der Waals surface area contributed by atoms with Crippen LogP contribution >= 0.6 is 0 Å². The van der Waals surface area contributed by atoms with Gasteiger partial charge in [-0.3, -0.25) is 0 Å². The van der Waals surface area contributed by atoms with Crippen molar-refractivity contribution in [1.82, 2.24) is 10.2 Å². The first-order valence-electron chi connectivity index (χ1n) is 6.89. The van der Waals surface area contributed by atoms with E-state index in [4.69, 9.17) is 0 Å². The number of amides is 2. The van der Waals surface area contributed by atoms with Crippen molar-refractivity contribution >= 4 is 12.0 Å². The minimum absolute atomic E-state index is 0.199. The van der Waals surface area contributed by atoms with Gasteiger partial charge < -0.3 is 15.3 Å². The van der Waals surface area contributed by atoms with Crippen molar-refractivity contribution in [3.63, 3.8) is 0 Å². The van der Waals surface area contributed by atoms with Gasteiger partial charge in [0.15, 0.2) is 0 Å². The Morgan fingerprint density at radius 3 is 2.72 bits per heavy atom. The van der Waals surface area contributed by atoms with Gasteiger partial charge >= 0.3 is 12.0 Å². The molecule has 5 heteroatoms. The number of rotatable bonds is 5. The quantitative estimate of drug-likeness (QED) is 0.786. The Balaban J connectivity index is 2.03. The van der Waals surface area contributed by atoms with Crippen molar-refractivity contribution < 1.29 is 14.7 Å². The maximum atomic E-state index is 12.1. The number of aliphatic carboxylic acids is 1. The van der Waals surface area contributed by atoms with Crippen molar-refractivity contribution in [2.45, 2.75) is 51.0 Å². The molecule has 2 aliphatic rings. The number of likely N-dealkylation sites (tertiary alicyclic amines) is 1. The molecule has 1 aliphatic carbocycles. The maximum Gasteiger partial charge on any atom is 0.329 e. The average molecular weight is 254 g/mol. The minimum Gasteiger partial charge on any atom is -0.479 e. The van der Waals surface area contributed by atoms with Crippen LogP contribution in [-0.2, 0) is 4.79 Å². The number of nitrogens with one attached hydrogen (secondary N) is 1. The fraction of sp³-hybridized carbons (Fsp3) is 0.846. The first-order chi connectivity index (χ1) is 8.60. The molecule has 18 heavy (non-hydrogen) atoms. The van der Waals surface area contributed by atoms with Crippen LogP contribution in [0.15, 0.2) is 0 Å². The summed E-state index contributed by atoms with van der Waals surface area (Å²) in [6.45, 7) is 3.21. The molecule has 2 amide bonds. The van der Waals surface area contributed by atoms with Gasteiger partial charge in [-0.2, -0.15) is 0 Å². The number of carbonyl (C=O) groups is 2. The van der Waals surface area contributed by atoms with Crippen molar-refractivity contribution in [3.05, 3.63) is 0 Å². The van der Waals surface area contributed by atoms with Gasteiger partial charge in [0.05, 0.1) is 0 Å². The average Bonchev–Trinajstić information content (AvgIpc) is 3.06. The van der Waals surface area contributed by atoms with Crippen LogP contribution in [0.25, 0.3) is 0 Å². The molecule has 0 spiro atoms. The molecule has 0 aromatic rings. The van der Waals surface area contributed by atoms with E-state index in [0.29, 0.717) is 31.8 Å². The predicted octanol–water partition coefficient (Wildman–Crippen LogP) is 1.83. The maximum absolute atomic E-state index is 12.1. The van der Waals surface area contributed by atoms with Crippen LogP contribution in [0.2, 0.25) is 0 Å². The highest BCUT2D eigenvalue weighted by molar-refractivity contribution is 5.87. The van der Waals surface area contributed by atoms with Gasteiger partial charge in [-0.1, -0.05) is 13.3 Å². The van der Waals surface area contributed by atoms with Gasteiger partial charge in [-0.05, 0) is 38.0 Å². The Kier molecular flexibility index (Phi) is 3.78. The summed E-state index contributed by atoms with van der Waals surface area (Å²) in [5.41, 5.74) is -0.970. The molecule has 1 saturated heterocycles. The summed E-state index contributed by atoms with van der Waals surface area (Å²) in [7, 11) is 0. The van der Waals surface area contributed by atoms with E-state index in [9.17, 15) is 14.7 Å². The summed E-state index contributed by atoms with van der Waals surface area (Å²) in [6.07, 6.45) is 5.03. The number of carboxylic acids is 1. The van der Waals surface area contributed by atoms with Crippen LogP contribution in [-0.4, -0.2) is 40.6 Å². The van der Waals surface area contributed by atoms with Crippen LogP contribution in [0.4, 0.5) is 4.79 Å². The Morgan fingerprint density at radius 2 is 2.17 bits per heavy atom. The van der Waals surface area contributed by atoms with Gasteiger partial charge in [0.1, 0.15) is 5.54 Å². The second-order valence-corrected chi connectivity index (χ2v) is 5.47. The van der Waals surface area contributed by atoms with Gasteiger partial charge in [-0.15, -0.1) is 0 Å². The van der Waals surface area contributed by atoms with Crippen LogP contribution < -0.4 is 5.32 Å². The molecule has 1 aliphatic heterocycles. The summed E-state index contributed by atoms with van der Waals surface area (Å²) in [6, 6.07) is -0.199. The smallest absolute Gasteiger partial charge is 0.329 e. The third-order valence-electron chi connectivity index (χ3n) is 4.03. The Labute approximate surface area is 108 Å². The normalized spacial score (nSPS) is 27.3. The third kappa shape index (κ3) is 2.44. The lowest BCUT2D eigenvalue weighted by Crippen LogP contribution is -2.56. The highest BCUT2D eigenvalue weighted by Gasteiger charge is 2.49. The van der Waals surface area contributed by atoms with Crippen LogP contribution in [0.1, 0.15) is 45.4 Å². The number of carbonyl (C=O) groups excluding carboxylic acids is 1. The fourth-order valence-electron chi connectivity index (χ4n) is 2.83. The second kappa shape index (κ2) is 5.16. The number of nitrogens with zero attached hydrogens (tertiary/aromatic N) is 1. The molecule has 2 rings (SSSR count). The molecular formula is C13H22N2O3. The lowest BCUT2D eigenvalue weighted by molar-refractivity contribution is -0.148. The molecule has 0 aromatic heterocycles. The molecule has 1 saturated carbocycles. The molecule has 0 bridgehead atoms. The molecule has 1 atom stereocenters. The molecular weight excluding hydrogens is 232 g/mol. The van der Waals surface area contributed by atoms with E-state index in [1.54, 1.807) is 4.90 Å². The SMILES string of the molecule is CCCC1(C(=O)O)CCCN1C(=O)NCC1CC1. The summed E-state index contributed by atoms with van der Waals surface area (Å²) < 4.78 is 0. The van der Waals surface area contributed by atoms with Crippen molar-refractivity contribution in [1.29, 1.82) is 0 Å². The summed E-state index contributed by atoms with van der Waals surface area (Å²) in [5.74, 6) is -0.245. The molecule has 1 unspecified atom stereocenters. The fourth-order valence-corrected chi connectivity index (χ4v) is 2.83. The minimum atomic E-state index is -0.970. The third-order valence-corrected chi connectivity index (χ3v) is 4.03. The molecule has 1 heterocycles.